The Bertz CT molecular complexity index is 894. The monoisotopic (exact) mass is 395 g/mol. The summed E-state index contributed by atoms with van der Waals surface area (Å²) in [5.41, 5.74) is -0.723. The number of methoxy groups -OCH3 is 1. The van der Waals surface area contributed by atoms with E-state index >= 15 is 0 Å². The summed E-state index contributed by atoms with van der Waals surface area (Å²) in [7, 11) is 1.51. The number of amides is 1. The third kappa shape index (κ3) is 4.55. The summed E-state index contributed by atoms with van der Waals surface area (Å²) in [5, 5.41) is 12.0. The molecule has 0 saturated heterocycles. The highest BCUT2D eigenvalue weighted by Crippen LogP contribution is 2.41. The summed E-state index contributed by atoms with van der Waals surface area (Å²) in [6.07, 6.45) is -3.79. The van der Waals surface area contributed by atoms with Gasteiger partial charge in [-0.3, -0.25) is 4.79 Å². The van der Waals surface area contributed by atoms with Crippen LogP contribution in [0.3, 0.4) is 0 Å². The van der Waals surface area contributed by atoms with Crippen molar-refractivity contribution >= 4 is 17.7 Å². The third-order valence-electron chi connectivity index (χ3n) is 3.84. The van der Waals surface area contributed by atoms with Gasteiger partial charge in [-0.05, 0) is 42.5 Å². The van der Waals surface area contributed by atoms with Crippen LogP contribution in [0.2, 0.25) is 0 Å². The maximum absolute atomic E-state index is 13.3. The molecular weight excluding hydrogens is 379 g/mol. The first kappa shape index (κ1) is 19.6. The van der Waals surface area contributed by atoms with Crippen LogP contribution in [0.25, 0.3) is 6.08 Å². The van der Waals surface area contributed by atoms with Crippen LogP contribution < -0.4 is 19.5 Å². The average Bonchev–Trinajstić information content (AvgIpc) is 2.65. The lowest BCUT2D eigenvalue weighted by Gasteiger charge is -2.22. The van der Waals surface area contributed by atoms with E-state index in [0.29, 0.717) is 11.4 Å². The van der Waals surface area contributed by atoms with Crippen LogP contribution in [-0.4, -0.2) is 31.0 Å². The lowest BCUT2D eigenvalue weighted by atomic mass is 10.0. The molecule has 2 aromatic rings. The first-order valence-electron chi connectivity index (χ1n) is 8.11. The SMILES string of the molecule is COc1ccc(NC(=O)COc2cc3c(c(C(F)(F)F)c2)C=CC(O)O3)cc1. The Labute approximate surface area is 158 Å². The lowest BCUT2D eigenvalue weighted by molar-refractivity contribution is -0.138. The van der Waals surface area contributed by atoms with Gasteiger partial charge in [-0.15, -0.1) is 0 Å². The smallest absolute Gasteiger partial charge is 0.417 e. The Hall–Kier alpha value is -3.20. The molecular formula is C19H16F3NO5. The number of benzene rings is 2. The minimum absolute atomic E-state index is 0.185. The van der Waals surface area contributed by atoms with Gasteiger partial charge in [0.2, 0.25) is 6.29 Å². The van der Waals surface area contributed by atoms with Crippen LogP contribution >= 0.6 is 0 Å². The van der Waals surface area contributed by atoms with Crippen LogP contribution in [-0.2, 0) is 11.0 Å². The fourth-order valence-corrected chi connectivity index (χ4v) is 2.56. The highest BCUT2D eigenvalue weighted by molar-refractivity contribution is 5.91. The van der Waals surface area contributed by atoms with Gasteiger partial charge in [-0.1, -0.05) is 0 Å². The molecule has 1 aliphatic heterocycles. The number of fused-ring (bicyclic) bond motifs is 1. The number of hydrogen-bond donors (Lipinski definition) is 2. The van der Waals surface area contributed by atoms with Crippen LogP contribution in [0, 0.1) is 0 Å². The predicted molar refractivity (Wildman–Crippen MR) is 94.2 cm³/mol. The summed E-state index contributed by atoms with van der Waals surface area (Å²) in [5.74, 6) is -0.342. The molecule has 1 atom stereocenters. The number of anilines is 1. The van der Waals surface area contributed by atoms with E-state index in [1.165, 1.54) is 13.2 Å². The average molecular weight is 395 g/mol. The molecule has 0 radical (unpaired) electrons. The van der Waals surface area contributed by atoms with Gasteiger partial charge in [0.25, 0.3) is 5.91 Å². The molecule has 148 valence electrons. The van der Waals surface area contributed by atoms with Gasteiger partial charge in [-0.2, -0.15) is 13.2 Å². The van der Waals surface area contributed by atoms with Crippen molar-refractivity contribution in [2.45, 2.75) is 12.5 Å². The van der Waals surface area contributed by atoms with Gasteiger partial charge in [0.1, 0.15) is 17.2 Å². The maximum atomic E-state index is 13.3. The number of carbonyl (C=O) groups is 1. The molecule has 1 heterocycles. The molecule has 0 aliphatic carbocycles. The number of halogens is 3. The van der Waals surface area contributed by atoms with Crippen LogP contribution in [0.4, 0.5) is 18.9 Å². The van der Waals surface area contributed by atoms with Gasteiger partial charge >= 0.3 is 6.18 Å². The summed E-state index contributed by atoms with van der Waals surface area (Å²) in [6.45, 7) is -0.513. The van der Waals surface area contributed by atoms with Crippen molar-refractivity contribution in [3.63, 3.8) is 0 Å². The number of aliphatic hydroxyl groups is 1. The molecule has 1 unspecified atom stereocenters. The Morgan fingerprint density at radius 2 is 1.93 bits per heavy atom. The van der Waals surface area contributed by atoms with E-state index in [1.54, 1.807) is 24.3 Å². The third-order valence-corrected chi connectivity index (χ3v) is 3.84. The van der Waals surface area contributed by atoms with Crippen molar-refractivity contribution in [1.82, 2.24) is 0 Å². The Morgan fingerprint density at radius 3 is 2.57 bits per heavy atom. The van der Waals surface area contributed by atoms with Gasteiger partial charge in [0, 0.05) is 17.3 Å². The molecule has 6 nitrogen and oxygen atoms in total. The second-order valence-electron chi connectivity index (χ2n) is 5.81. The maximum Gasteiger partial charge on any atom is 0.417 e. The molecule has 0 aromatic heterocycles. The van der Waals surface area contributed by atoms with Crippen molar-refractivity contribution in [2.24, 2.45) is 0 Å². The second kappa shape index (κ2) is 7.81. The molecule has 1 aliphatic rings. The molecule has 0 fully saturated rings. The fourth-order valence-electron chi connectivity index (χ4n) is 2.56. The normalized spacial score (nSPS) is 15.4. The fraction of sp³-hybridized carbons (Fsp3) is 0.211. The van der Waals surface area contributed by atoms with E-state index in [0.717, 1.165) is 18.2 Å². The number of carbonyl (C=O) groups excluding carboxylic acids is 1. The minimum Gasteiger partial charge on any atom is -0.497 e. The first-order chi connectivity index (χ1) is 13.3. The Morgan fingerprint density at radius 1 is 1.21 bits per heavy atom. The van der Waals surface area contributed by atoms with Gasteiger partial charge in [0.15, 0.2) is 6.61 Å². The molecule has 2 aromatic carbocycles. The molecule has 2 N–H and O–H groups in total. The van der Waals surface area contributed by atoms with E-state index in [4.69, 9.17) is 14.2 Å². The Kier molecular flexibility index (Phi) is 5.46. The zero-order valence-corrected chi connectivity index (χ0v) is 14.6. The lowest BCUT2D eigenvalue weighted by Crippen LogP contribution is -2.21. The van der Waals surface area contributed by atoms with E-state index in [1.807, 2.05) is 0 Å². The number of alkyl halides is 3. The quantitative estimate of drug-likeness (QED) is 0.811. The van der Waals surface area contributed by atoms with Crippen LogP contribution in [0.1, 0.15) is 11.1 Å². The molecule has 1 amide bonds. The van der Waals surface area contributed by atoms with Gasteiger partial charge in [0.05, 0.1) is 12.7 Å². The van der Waals surface area contributed by atoms with E-state index < -0.39 is 30.5 Å². The molecule has 3 rings (SSSR count). The second-order valence-corrected chi connectivity index (χ2v) is 5.81. The van der Waals surface area contributed by atoms with Crippen molar-refractivity contribution in [3.8, 4) is 17.2 Å². The molecule has 28 heavy (non-hydrogen) atoms. The van der Waals surface area contributed by atoms with Crippen LogP contribution in [0.15, 0.2) is 42.5 Å². The van der Waals surface area contributed by atoms with E-state index in [9.17, 15) is 23.1 Å². The van der Waals surface area contributed by atoms with Crippen molar-refractivity contribution in [3.05, 3.63) is 53.6 Å². The predicted octanol–water partition coefficient (Wildman–Crippen LogP) is 3.46. The standard InChI is InChI=1S/C19H16F3NO5/c1-26-12-4-2-11(3-5-12)23-17(24)10-27-13-8-15(19(20,21)22)14-6-7-18(25)28-16(14)9-13/h2-9,18,25H,10H2,1H3,(H,23,24). The first-order valence-corrected chi connectivity index (χ1v) is 8.11. The van der Waals surface area contributed by atoms with Gasteiger partial charge in [-0.25, -0.2) is 0 Å². The van der Waals surface area contributed by atoms with Gasteiger partial charge < -0.3 is 24.6 Å². The molecule has 0 saturated carbocycles. The summed E-state index contributed by atoms with van der Waals surface area (Å²) >= 11 is 0. The minimum atomic E-state index is -4.66. The summed E-state index contributed by atoms with van der Waals surface area (Å²) < 4.78 is 55.1. The number of aliphatic hydroxyl groups excluding tert-OH is 1. The summed E-state index contributed by atoms with van der Waals surface area (Å²) in [4.78, 5) is 12.0. The van der Waals surface area contributed by atoms with Crippen molar-refractivity contribution in [1.29, 1.82) is 0 Å². The zero-order valence-electron chi connectivity index (χ0n) is 14.6. The Balaban J connectivity index is 1.72. The molecule has 0 spiro atoms. The van der Waals surface area contributed by atoms with Crippen molar-refractivity contribution < 1.29 is 37.3 Å². The van der Waals surface area contributed by atoms with Crippen molar-refractivity contribution in [2.75, 3.05) is 19.0 Å². The van der Waals surface area contributed by atoms with Crippen LogP contribution in [0.5, 0.6) is 17.2 Å². The topological polar surface area (TPSA) is 77.0 Å². The van der Waals surface area contributed by atoms with E-state index in [2.05, 4.69) is 5.32 Å². The molecule has 0 bridgehead atoms. The molecule has 9 heteroatoms. The van der Waals surface area contributed by atoms with E-state index in [-0.39, 0.29) is 17.1 Å². The number of ether oxygens (including phenoxy) is 3. The largest absolute Gasteiger partial charge is 0.497 e. The highest BCUT2D eigenvalue weighted by Gasteiger charge is 2.36. The number of nitrogens with one attached hydrogen (secondary N) is 1. The number of rotatable bonds is 5. The number of hydrogen-bond acceptors (Lipinski definition) is 5. The highest BCUT2D eigenvalue weighted by atomic mass is 19.4. The zero-order chi connectivity index (χ0) is 20.3. The summed E-state index contributed by atoms with van der Waals surface area (Å²) in [6, 6.07) is 8.48.